The second-order valence-electron chi connectivity index (χ2n) is 4.63. The van der Waals surface area contributed by atoms with Crippen LogP contribution in [0.4, 0.5) is 10.2 Å². The minimum absolute atomic E-state index is 0.168. The van der Waals surface area contributed by atoms with Gasteiger partial charge in [-0.15, -0.1) is 0 Å². The van der Waals surface area contributed by atoms with Crippen LogP contribution in [0, 0.1) is 5.82 Å². The highest BCUT2D eigenvalue weighted by Gasteiger charge is 2.18. The molecule has 1 aromatic carbocycles. The minimum Gasteiger partial charge on any atom is -0.462 e. The van der Waals surface area contributed by atoms with E-state index in [0.717, 1.165) is 0 Å². The summed E-state index contributed by atoms with van der Waals surface area (Å²) >= 11 is 0. The number of rotatable bonds is 5. The quantitative estimate of drug-likeness (QED) is 0.679. The number of hydrogen-bond acceptors (Lipinski definition) is 4. The van der Waals surface area contributed by atoms with Crippen LogP contribution in [0.1, 0.15) is 22.8 Å². The van der Waals surface area contributed by atoms with Crippen molar-refractivity contribution in [3.8, 4) is 0 Å². The van der Waals surface area contributed by atoms with E-state index >= 15 is 0 Å². The first-order valence-electron chi connectivity index (χ1n) is 6.95. The van der Waals surface area contributed by atoms with E-state index in [0.29, 0.717) is 5.56 Å². The number of carbonyl (C=O) groups is 2. The fraction of sp³-hybridized carbons (Fsp3) is 0.188. The fourth-order valence-electron chi connectivity index (χ4n) is 1.88. The van der Waals surface area contributed by atoms with E-state index in [2.05, 4.69) is 10.4 Å². The van der Waals surface area contributed by atoms with Crippen molar-refractivity contribution in [1.82, 2.24) is 9.78 Å². The van der Waals surface area contributed by atoms with Crippen molar-refractivity contribution in [2.24, 2.45) is 7.05 Å². The maximum Gasteiger partial charge on any atom is 0.343 e. The Bertz CT molecular complexity index is 753. The fourth-order valence-corrected chi connectivity index (χ4v) is 1.88. The van der Waals surface area contributed by atoms with Gasteiger partial charge in [-0.1, -0.05) is 12.1 Å². The standard InChI is InChI=1S/C16H16FN3O3/c1-3-23-16(22)13-10-18-20(2)15(13)19-14(21)8-7-11-5-4-6-12(17)9-11/h4-10H,3H2,1-2H3,(H,19,21). The lowest BCUT2D eigenvalue weighted by Crippen LogP contribution is -2.15. The van der Waals surface area contributed by atoms with Gasteiger partial charge in [-0.3, -0.25) is 9.48 Å². The molecular weight excluding hydrogens is 301 g/mol. The van der Waals surface area contributed by atoms with Crippen molar-refractivity contribution in [2.45, 2.75) is 6.92 Å². The summed E-state index contributed by atoms with van der Waals surface area (Å²) in [6.45, 7) is 1.91. The van der Waals surface area contributed by atoms with Crippen LogP contribution in [0.3, 0.4) is 0 Å². The zero-order valence-electron chi connectivity index (χ0n) is 12.7. The van der Waals surface area contributed by atoms with Crippen molar-refractivity contribution in [3.63, 3.8) is 0 Å². The Morgan fingerprint density at radius 3 is 2.91 bits per heavy atom. The van der Waals surface area contributed by atoms with Gasteiger partial charge in [0.25, 0.3) is 0 Å². The molecule has 0 spiro atoms. The molecule has 1 heterocycles. The van der Waals surface area contributed by atoms with E-state index in [9.17, 15) is 14.0 Å². The lowest BCUT2D eigenvalue weighted by Gasteiger charge is -2.06. The molecule has 0 saturated carbocycles. The Hall–Kier alpha value is -2.96. The van der Waals surface area contributed by atoms with Crippen molar-refractivity contribution >= 4 is 23.8 Å². The predicted molar refractivity (Wildman–Crippen MR) is 83.2 cm³/mol. The number of esters is 1. The van der Waals surface area contributed by atoms with Crippen molar-refractivity contribution in [1.29, 1.82) is 0 Å². The SMILES string of the molecule is CCOC(=O)c1cnn(C)c1NC(=O)C=Cc1cccc(F)c1. The zero-order chi connectivity index (χ0) is 16.8. The highest BCUT2D eigenvalue weighted by atomic mass is 19.1. The summed E-state index contributed by atoms with van der Waals surface area (Å²) in [4.78, 5) is 23.8. The number of amides is 1. The molecule has 0 radical (unpaired) electrons. The maximum absolute atomic E-state index is 13.1. The van der Waals surface area contributed by atoms with E-state index in [1.807, 2.05) is 0 Å². The van der Waals surface area contributed by atoms with Crippen LogP contribution < -0.4 is 5.32 Å². The largest absolute Gasteiger partial charge is 0.462 e. The number of aromatic nitrogens is 2. The van der Waals surface area contributed by atoms with Gasteiger partial charge < -0.3 is 10.1 Å². The smallest absolute Gasteiger partial charge is 0.343 e. The molecule has 23 heavy (non-hydrogen) atoms. The molecule has 7 heteroatoms. The average Bonchev–Trinajstić information content (AvgIpc) is 2.87. The Balaban J connectivity index is 2.11. The van der Waals surface area contributed by atoms with E-state index in [1.165, 1.54) is 35.2 Å². The summed E-state index contributed by atoms with van der Waals surface area (Å²) in [6.07, 6.45) is 4.04. The zero-order valence-corrected chi connectivity index (χ0v) is 12.7. The summed E-state index contributed by atoms with van der Waals surface area (Å²) in [7, 11) is 1.59. The van der Waals surface area contributed by atoms with Gasteiger partial charge in [0.2, 0.25) is 5.91 Å². The van der Waals surface area contributed by atoms with Gasteiger partial charge in [-0.2, -0.15) is 5.10 Å². The number of nitrogens with one attached hydrogen (secondary N) is 1. The summed E-state index contributed by atoms with van der Waals surface area (Å²) in [6, 6.07) is 5.84. The van der Waals surface area contributed by atoms with E-state index in [1.54, 1.807) is 26.1 Å². The number of benzene rings is 1. The minimum atomic E-state index is -0.565. The van der Waals surface area contributed by atoms with Crippen LogP contribution in [-0.2, 0) is 16.6 Å². The van der Waals surface area contributed by atoms with Crippen molar-refractivity contribution < 1.29 is 18.7 Å². The first-order chi connectivity index (χ1) is 11.0. The van der Waals surface area contributed by atoms with Crippen LogP contribution >= 0.6 is 0 Å². The number of halogens is 1. The van der Waals surface area contributed by atoms with Gasteiger partial charge in [0.15, 0.2) is 0 Å². The Labute approximate surface area is 132 Å². The molecule has 0 bridgehead atoms. The van der Waals surface area contributed by atoms with Crippen LogP contribution in [-0.4, -0.2) is 28.3 Å². The molecule has 0 aliphatic carbocycles. The molecule has 120 valence electrons. The number of aryl methyl sites for hydroxylation is 1. The van der Waals surface area contributed by atoms with Gasteiger partial charge in [0.1, 0.15) is 17.2 Å². The highest BCUT2D eigenvalue weighted by molar-refractivity contribution is 6.05. The summed E-state index contributed by atoms with van der Waals surface area (Å²) in [5.41, 5.74) is 0.720. The second kappa shape index (κ2) is 7.35. The third-order valence-electron chi connectivity index (χ3n) is 2.95. The second-order valence-corrected chi connectivity index (χ2v) is 4.63. The van der Waals surface area contributed by atoms with Crippen LogP contribution in [0.5, 0.6) is 0 Å². The first kappa shape index (κ1) is 16.4. The average molecular weight is 317 g/mol. The molecule has 2 aromatic rings. The lowest BCUT2D eigenvalue weighted by molar-refractivity contribution is -0.111. The first-order valence-corrected chi connectivity index (χ1v) is 6.95. The number of hydrogen-bond donors (Lipinski definition) is 1. The molecular formula is C16H16FN3O3. The Morgan fingerprint density at radius 2 is 2.22 bits per heavy atom. The molecule has 0 unspecified atom stereocenters. The van der Waals surface area contributed by atoms with Crippen molar-refractivity contribution in [3.05, 3.63) is 53.5 Å². The third-order valence-corrected chi connectivity index (χ3v) is 2.95. The molecule has 0 atom stereocenters. The number of anilines is 1. The van der Waals surface area contributed by atoms with Crippen LogP contribution in [0.25, 0.3) is 6.08 Å². The molecule has 6 nitrogen and oxygen atoms in total. The number of carbonyl (C=O) groups excluding carboxylic acids is 2. The Kier molecular flexibility index (Phi) is 5.24. The number of nitrogens with zero attached hydrogens (tertiary/aromatic N) is 2. The van der Waals surface area contributed by atoms with E-state index < -0.39 is 11.9 Å². The maximum atomic E-state index is 13.1. The Morgan fingerprint density at radius 1 is 1.43 bits per heavy atom. The highest BCUT2D eigenvalue weighted by Crippen LogP contribution is 2.15. The van der Waals surface area contributed by atoms with E-state index in [-0.39, 0.29) is 23.8 Å². The van der Waals surface area contributed by atoms with Crippen molar-refractivity contribution in [2.75, 3.05) is 11.9 Å². The van der Waals surface area contributed by atoms with Gasteiger partial charge in [-0.25, -0.2) is 9.18 Å². The summed E-state index contributed by atoms with van der Waals surface area (Å²) < 4.78 is 19.3. The van der Waals surface area contributed by atoms with Gasteiger partial charge in [0, 0.05) is 13.1 Å². The molecule has 0 fully saturated rings. The molecule has 0 aliphatic rings. The molecule has 2 rings (SSSR count). The molecule has 0 aliphatic heterocycles. The van der Waals surface area contributed by atoms with Crippen LogP contribution in [0.2, 0.25) is 0 Å². The predicted octanol–water partition coefficient (Wildman–Crippen LogP) is 2.39. The summed E-state index contributed by atoms with van der Waals surface area (Å²) in [5, 5.41) is 6.49. The molecule has 1 aromatic heterocycles. The normalized spacial score (nSPS) is 10.7. The van der Waals surface area contributed by atoms with Gasteiger partial charge in [-0.05, 0) is 30.7 Å². The number of ether oxygens (including phenoxy) is 1. The van der Waals surface area contributed by atoms with E-state index in [4.69, 9.17) is 4.74 Å². The van der Waals surface area contributed by atoms with Gasteiger partial charge >= 0.3 is 5.97 Å². The molecule has 1 amide bonds. The van der Waals surface area contributed by atoms with Crippen LogP contribution in [0.15, 0.2) is 36.5 Å². The third kappa shape index (κ3) is 4.26. The summed E-state index contributed by atoms with van der Waals surface area (Å²) in [5.74, 6) is -1.19. The monoisotopic (exact) mass is 317 g/mol. The van der Waals surface area contributed by atoms with Gasteiger partial charge in [0.05, 0.1) is 12.8 Å². The molecule has 0 saturated heterocycles. The molecule has 1 N–H and O–H groups in total. The lowest BCUT2D eigenvalue weighted by atomic mass is 10.2. The topological polar surface area (TPSA) is 73.2 Å².